The molecule has 2 heteroatoms. The van der Waals surface area contributed by atoms with Gasteiger partial charge in [0.05, 0.1) is 0 Å². The Bertz CT molecular complexity index is 239. The second-order valence-electron chi connectivity index (χ2n) is 8.54. The SMILES string of the molecule is CC(Cl)C(C)(C)CCCCCCCCCCC(C)(C)C(C)Cl. The van der Waals surface area contributed by atoms with Gasteiger partial charge in [0.2, 0.25) is 0 Å². The lowest BCUT2D eigenvalue weighted by atomic mass is 9.83. The van der Waals surface area contributed by atoms with Crippen molar-refractivity contribution in [1.29, 1.82) is 0 Å². The summed E-state index contributed by atoms with van der Waals surface area (Å²) in [7, 11) is 0. The third-order valence-electron chi connectivity index (χ3n) is 5.55. The van der Waals surface area contributed by atoms with E-state index in [1.807, 2.05) is 0 Å². The Balaban J connectivity index is 3.42. The van der Waals surface area contributed by atoms with Crippen LogP contribution >= 0.6 is 23.2 Å². The summed E-state index contributed by atoms with van der Waals surface area (Å²) in [4.78, 5) is 0. The highest BCUT2D eigenvalue weighted by molar-refractivity contribution is 6.21. The monoisotopic (exact) mass is 350 g/mol. The molecule has 0 aliphatic heterocycles. The number of halogens is 2. The van der Waals surface area contributed by atoms with E-state index in [-0.39, 0.29) is 21.6 Å². The van der Waals surface area contributed by atoms with Crippen LogP contribution < -0.4 is 0 Å². The van der Waals surface area contributed by atoms with Gasteiger partial charge in [-0.25, -0.2) is 0 Å². The van der Waals surface area contributed by atoms with Gasteiger partial charge in [-0.2, -0.15) is 0 Å². The first-order valence-electron chi connectivity index (χ1n) is 9.38. The van der Waals surface area contributed by atoms with Gasteiger partial charge in [0.25, 0.3) is 0 Å². The summed E-state index contributed by atoms with van der Waals surface area (Å²) in [5.41, 5.74) is 0.571. The first-order chi connectivity index (χ1) is 10.1. The average Bonchev–Trinajstić information content (AvgIpc) is 2.40. The van der Waals surface area contributed by atoms with Crippen LogP contribution in [0.2, 0.25) is 0 Å². The lowest BCUT2D eigenvalue weighted by Crippen LogP contribution is -2.21. The first-order valence-corrected chi connectivity index (χ1v) is 10.2. The third kappa shape index (κ3) is 10.4. The van der Waals surface area contributed by atoms with E-state index >= 15 is 0 Å². The van der Waals surface area contributed by atoms with E-state index in [1.54, 1.807) is 0 Å². The van der Waals surface area contributed by atoms with Crippen LogP contribution in [0.1, 0.15) is 106 Å². The van der Waals surface area contributed by atoms with E-state index < -0.39 is 0 Å². The zero-order valence-corrected chi connectivity index (χ0v) is 17.5. The summed E-state index contributed by atoms with van der Waals surface area (Å²) in [6, 6.07) is 0. The summed E-state index contributed by atoms with van der Waals surface area (Å²) in [5, 5.41) is 0.542. The maximum atomic E-state index is 6.22. The normalized spacial score (nSPS) is 15.8. The molecule has 2 atom stereocenters. The van der Waals surface area contributed by atoms with Crippen LogP contribution in [-0.2, 0) is 0 Å². The molecule has 0 heterocycles. The van der Waals surface area contributed by atoms with Crippen LogP contribution in [0.3, 0.4) is 0 Å². The van der Waals surface area contributed by atoms with E-state index in [2.05, 4.69) is 41.5 Å². The fraction of sp³-hybridized carbons (Fsp3) is 1.00. The van der Waals surface area contributed by atoms with Crippen molar-refractivity contribution in [3.05, 3.63) is 0 Å². The van der Waals surface area contributed by atoms with Gasteiger partial charge in [-0.3, -0.25) is 0 Å². The molecule has 0 aromatic carbocycles. The highest BCUT2D eigenvalue weighted by Crippen LogP contribution is 2.32. The van der Waals surface area contributed by atoms with Crippen LogP contribution in [-0.4, -0.2) is 10.8 Å². The van der Waals surface area contributed by atoms with Gasteiger partial charge in [-0.1, -0.05) is 79.1 Å². The molecule has 0 spiro atoms. The topological polar surface area (TPSA) is 0 Å². The summed E-state index contributed by atoms with van der Waals surface area (Å²) in [5.74, 6) is 0. The smallest absolute Gasteiger partial charge is 0.0358 e. The van der Waals surface area contributed by atoms with Gasteiger partial charge < -0.3 is 0 Å². The van der Waals surface area contributed by atoms with Gasteiger partial charge in [0.1, 0.15) is 0 Å². The van der Waals surface area contributed by atoms with E-state index in [1.165, 1.54) is 64.2 Å². The van der Waals surface area contributed by atoms with Crippen LogP contribution in [0.4, 0.5) is 0 Å². The lowest BCUT2D eigenvalue weighted by Gasteiger charge is -2.27. The maximum absolute atomic E-state index is 6.22. The Kier molecular flexibility index (Phi) is 11.5. The lowest BCUT2D eigenvalue weighted by molar-refractivity contribution is 0.310. The number of alkyl halides is 2. The Hall–Kier alpha value is 0.580. The van der Waals surface area contributed by atoms with E-state index in [0.29, 0.717) is 0 Å². The van der Waals surface area contributed by atoms with Crippen molar-refractivity contribution in [2.75, 3.05) is 0 Å². The molecule has 0 rings (SSSR count). The quantitative estimate of drug-likeness (QED) is 0.232. The number of hydrogen-bond acceptors (Lipinski definition) is 0. The molecule has 0 amide bonds. The molecule has 0 fully saturated rings. The molecular formula is C20H40Cl2. The first kappa shape index (κ1) is 22.6. The van der Waals surface area contributed by atoms with E-state index in [9.17, 15) is 0 Å². The van der Waals surface area contributed by atoms with Crippen molar-refractivity contribution in [2.24, 2.45) is 10.8 Å². The minimum atomic E-state index is 0.271. The predicted molar refractivity (Wildman–Crippen MR) is 104 cm³/mol. The molecule has 2 unspecified atom stereocenters. The molecule has 0 aromatic heterocycles. The molecule has 22 heavy (non-hydrogen) atoms. The molecule has 0 aliphatic carbocycles. The summed E-state index contributed by atoms with van der Waals surface area (Å²) < 4.78 is 0. The second kappa shape index (κ2) is 11.2. The fourth-order valence-corrected chi connectivity index (χ4v) is 2.84. The Morgan fingerprint density at radius 2 is 0.773 bits per heavy atom. The van der Waals surface area contributed by atoms with Gasteiger partial charge in [0.15, 0.2) is 0 Å². The van der Waals surface area contributed by atoms with Gasteiger partial charge >= 0.3 is 0 Å². The minimum Gasteiger partial charge on any atom is -0.123 e. The maximum Gasteiger partial charge on any atom is 0.0358 e. The van der Waals surface area contributed by atoms with Crippen molar-refractivity contribution >= 4 is 23.2 Å². The van der Waals surface area contributed by atoms with E-state index in [0.717, 1.165) is 0 Å². The molecule has 0 nitrogen and oxygen atoms in total. The van der Waals surface area contributed by atoms with Crippen LogP contribution in [0.15, 0.2) is 0 Å². The molecule has 0 saturated heterocycles. The van der Waals surface area contributed by atoms with E-state index in [4.69, 9.17) is 23.2 Å². The molecule has 0 bridgehead atoms. The van der Waals surface area contributed by atoms with Crippen LogP contribution in [0.5, 0.6) is 0 Å². The Labute approximate surface area is 150 Å². The second-order valence-corrected chi connectivity index (χ2v) is 9.85. The minimum absolute atomic E-state index is 0.271. The highest BCUT2D eigenvalue weighted by atomic mass is 35.5. The molecule has 0 saturated carbocycles. The van der Waals surface area contributed by atoms with Crippen molar-refractivity contribution < 1.29 is 0 Å². The molecule has 0 N–H and O–H groups in total. The summed E-state index contributed by atoms with van der Waals surface area (Å²) in [6.07, 6.45) is 13.4. The number of hydrogen-bond donors (Lipinski definition) is 0. The molecule has 0 aromatic rings. The molecule has 0 radical (unpaired) electrons. The van der Waals surface area contributed by atoms with Crippen molar-refractivity contribution in [3.63, 3.8) is 0 Å². The highest BCUT2D eigenvalue weighted by Gasteiger charge is 2.23. The summed E-state index contributed by atoms with van der Waals surface area (Å²) >= 11 is 12.4. The largest absolute Gasteiger partial charge is 0.123 e. The summed E-state index contributed by atoms with van der Waals surface area (Å²) in [6.45, 7) is 13.4. The fourth-order valence-electron chi connectivity index (χ4n) is 2.62. The van der Waals surface area contributed by atoms with Crippen LogP contribution in [0.25, 0.3) is 0 Å². The van der Waals surface area contributed by atoms with Crippen molar-refractivity contribution in [1.82, 2.24) is 0 Å². The Morgan fingerprint density at radius 3 is 1.00 bits per heavy atom. The van der Waals surface area contributed by atoms with Gasteiger partial charge in [0, 0.05) is 10.8 Å². The zero-order valence-electron chi connectivity index (χ0n) is 16.0. The molecule has 134 valence electrons. The third-order valence-corrected chi connectivity index (χ3v) is 6.73. The number of rotatable bonds is 13. The molecule has 0 aliphatic rings. The Morgan fingerprint density at radius 1 is 0.545 bits per heavy atom. The van der Waals surface area contributed by atoms with Crippen molar-refractivity contribution in [2.45, 2.75) is 117 Å². The zero-order chi connectivity index (χ0) is 17.2. The average molecular weight is 351 g/mol. The van der Waals surface area contributed by atoms with Crippen molar-refractivity contribution in [3.8, 4) is 0 Å². The van der Waals surface area contributed by atoms with Gasteiger partial charge in [-0.05, 0) is 37.5 Å². The predicted octanol–water partition coefficient (Wildman–Crippen LogP) is 8.19. The molecular weight excluding hydrogens is 311 g/mol. The number of unbranched alkanes of at least 4 members (excludes halogenated alkanes) is 7. The van der Waals surface area contributed by atoms with Crippen LogP contribution in [0, 0.1) is 10.8 Å². The van der Waals surface area contributed by atoms with Gasteiger partial charge in [-0.15, -0.1) is 23.2 Å². The standard InChI is InChI=1S/C20H40Cl2/c1-17(21)19(3,4)15-13-11-9-7-8-10-12-14-16-20(5,6)18(2)22/h17-18H,7-16H2,1-6H3.